The summed E-state index contributed by atoms with van der Waals surface area (Å²) in [5.74, 6) is -0.992. The summed E-state index contributed by atoms with van der Waals surface area (Å²) in [7, 11) is 0. The number of halogens is 3. The van der Waals surface area contributed by atoms with Crippen LogP contribution in [0.4, 0.5) is 8.78 Å². The second-order valence-corrected chi connectivity index (χ2v) is 7.21. The molecule has 144 valence electrons. The second kappa shape index (κ2) is 7.76. The van der Waals surface area contributed by atoms with Gasteiger partial charge >= 0.3 is 0 Å². The predicted molar refractivity (Wildman–Crippen MR) is 105 cm³/mol. The third-order valence-electron chi connectivity index (χ3n) is 5.13. The van der Waals surface area contributed by atoms with Crippen LogP contribution in [0.15, 0.2) is 65.4 Å². The molecular weight excluding hydrogens is 382 g/mol. The molecule has 0 saturated heterocycles. The molecule has 0 spiro atoms. The van der Waals surface area contributed by atoms with Gasteiger partial charge in [0.25, 0.3) is 5.91 Å². The van der Waals surface area contributed by atoms with Crippen molar-refractivity contribution in [2.24, 2.45) is 0 Å². The minimum absolute atomic E-state index is 0.151. The Hall–Kier alpha value is -2.66. The van der Waals surface area contributed by atoms with E-state index in [1.807, 2.05) is 6.08 Å². The maximum absolute atomic E-state index is 13.4. The van der Waals surface area contributed by atoms with Gasteiger partial charge in [-0.2, -0.15) is 0 Å². The van der Waals surface area contributed by atoms with Gasteiger partial charge < -0.3 is 0 Å². The molecule has 1 atom stereocenters. The molecule has 4 rings (SSSR count). The van der Waals surface area contributed by atoms with Crippen LogP contribution >= 0.6 is 11.6 Å². The fraction of sp³-hybridized carbons (Fsp3) is 0.227. The van der Waals surface area contributed by atoms with Gasteiger partial charge in [-0.05, 0) is 71.9 Å². The van der Waals surface area contributed by atoms with Crippen molar-refractivity contribution in [1.29, 1.82) is 0 Å². The summed E-state index contributed by atoms with van der Waals surface area (Å²) in [6.07, 6.45) is 4.63. The normalized spacial score (nSPS) is 20.3. The molecule has 3 nitrogen and oxygen atoms in total. The largest absolute Gasteiger partial charge is 0.295 e. The van der Waals surface area contributed by atoms with Gasteiger partial charge in [0.1, 0.15) is 23.6 Å². The van der Waals surface area contributed by atoms with Crippen molar-refractivity contribution in [3.05, 3.63) is 88.1 Å². The number of nitrogens with one attached hydrogen (secondary N) is 1. The minimum atomic E-state index is -0.321. The smallest absolute Gasteiger partial charge is 0.256 e. The number of amides is 1. The Morgan fingerprint density at radius 1 is 1.07 bits per heavy atom. The highest BCUT2D eigenvalue weighted by Crippen LogP contribution is 2.43. The summed E-state index contributed by atoms with van der Waals surface area (Å²) < 4.78 is 26.6. The molecule has 1 heterocycles. The lowest BCUT2D eigenvalue weighted by Gasteiger charge is -2.26. The number of carbonyl (C=O) groups is 1. The number of rotatable bonds is 3. The molecule has 1 aliphatic carbocycles. The highest BCUT2D eigenvalue weighted by Gasteiger charge is 2.38. The van der Waals surface area contributed by atoms with Crippen LogP contribution in [0.5, 0.6) is 0 Å². The van der Waals surface area contributed by atoms with Gasteiger partial charge in [0, 0.05) is 0 Å². The molecule has 28 heavy (non-hydrogen) atoms. The van der Waals surface area contributed by atoms with Crippen LogP contribution < -0.4 is 5.43 Å². The van der Waals surface area contributed by atoms with Crippen molar-refractivity contribution >= 4 is 23.6 Å². The van der Waals surface area contributed by atoms with Crippen LogP contribution in [0.1, 0.15) is 36.4 Å². The zero-order valence-electron chi connectivity index (χ0n) is 15.1. The summed E-state index contributed by atoms with van der Waals surface area (Å²) in [6.45, 7) is 0. The van der Waals surface area contributed by atoms with Gasteiger partial charge in [-0.3, -0.25) is 10.2 Å². The lowest BCUT2D eigenvalue weighted by Crippen LogP contribution is -2.40. The van der Waals surface area contributed by atoms with Crippen LogP contribution in [0.2, 0.25) is 0 Å². The third-order valence-corrected chi connectivity index (χ3v) is 5.36. The molecule has 0 aromatic heterocycles. The Morgan fingerprint density at radius 2 is 1.71 bits per heavy atom. The third kappa shape index (κ3) is 3.54. The maximum Gasteiger partial charge on any atom is 0.256 e. The number of carbonyl (C=O) groups excluding carboxylic acids is 1. The highest BCUT2D eigenvalue weighted by molar-refractivity contribution is 6.27. The van der Waals surface area contributed by atoms with Crippen molar-refractivity contribution in [2.75, 3.05) is 5.88 Å². The predicted octanol–water partition coefficient (Wildman–Crippen LogP) is 5.11. The lowest BCUT2D eigenvalue weighted by molar-refractivity contribution is -0.132. The van der Waals surface area contributed by atoms with Gasteiger partial charge in [0.05, 0.1) is 5.70 Å². The Bertz CT molecular complexity index is 952. The molecule has 0 saturated carbocycles. The molecular formula is C22H19ClF2N2O. The first-order valence-electron chi connectivity index (χ1n) is 9.16. The monoisotopic (exact) mass is 400 g/mol. The highest BCUT2D eigenvalue weighted by atomic mass is 35.5. The molecule has 0 fully saturated rings. The number of benzene rings is 2. The van der Waals surface area contributed by atoms with E-state index in [9.17, 15) is 13.6 Å². The Balaban J connectivity index is 1.76. The van der Waals surface area contributed by atoms with E-state index < -0.39 is 0 Å². The molecule has 2 aliphatic rings. The van der Waals surface area contributed by atoms with E-state index >= 15 is 0 Å². The van der Waals surface area contributed by atoms with Gasteiger partial charge in [-0.1, -0.05) is 24.3 Å². The fourth-order valence-electron chi connectivity index (χ4n) is 3.85. The maximum atomic E-state index is 13.4. The van der Waals surface area contributed by atoms with E-state index in [-0.39, 0.29) is 29.5 Å². The van der Waals surface area contributed by atoms with Crippen LogP contribution in [0.25, 0.3) is 6.08 Å². The first-order chi connectivity index (χ1) is 13.6. The molecule has 0 radical (unpaired) electrons. The Kier molecular flexibility index (Phi) is 5.18. The van der Waals surface area contributed by atoms with E-state index in [1.54, 1.807) is 24.3 Å². The molecule has 2 aromatic rings. The van der Waals surface area contributed by atoms with Crippen LogP contribution in [-0.4, -0.2) is 16.8 Å². The van der Waals surface area contributed by atoms with Crippen molar-refractivity contribution in [1.82, 2.24) is 10.4 Å². The van der Waals surface area contributed by atoms with Gasteiger partial charge in [0.15, 0.2) is 0 Å². The molecule has 1 N–H and O–H groups in total. The Morgan fingerprint density at radius 3 is 2.36 bits per heavy atom. The zero-order chi connectivity index (χ0) is 19.7. The summed E-state index contributed by atoms with van der Waals surface area (Å²) in [4.78, 5) is 12.5. The average molecular weight is 401 g/mol. The lowest BCUT2D eigenvalue weighted by atomic mass is 9.86. The van der Waals surface area contributed by atoms with E-state index in [0.29, 0.717) is 0 Å². The quantitative estimate of drug-likeness (QED) is 0.726. The summed E-state index contributed by atoms with van der Waals surface area (Å²) in [5, 5.41) is 1.54. The summed E-state index contributed by atoms with van der Waals surface area (Å²) in [5.41, 5.74) is 8.01. The number of alkyl halides is 1. The number of hydrogen-bond acceptors (Lipinski definition) is 2. The topological polar surface area (TPSA) is 32.3 Å². The standard InChI is InChI=1S/C22H19ClF2N2O/c23-13-20(28)27-22(15-6-10-18(25)11-7-15)19-3-1-2-16(21(19)26-27)12-14-4-8-17(24)9-5-14/h4-12,22,26H,1-3,13H2/b16-12+/t22-/m0/s1. The molecule has 6 heteroatoms. The number of allylic oxidation sites excluding steroid dienone is 1. The van der Waals surface area contributed by atoms with Crippen molar-refractivity contribution in [3.63, 3.8) is 0 Å². The van der Waals surface area contributed by atoms with Crippen LogP contribution in [-0.2, 0) is 4.79 Å². The van der Waals surface area contributed by atoms with E-state index in [0.717, 1.165) is 47.2 Å². The zero-order valence-corrected chi connectivity index (χ0v) is 15.8. The summed E-state index contributed by atoms with van der Waals surface area (Å²) in [6, 6.07) is 12.2. The molecule has 1 aliphatic heterocycles. The van der Waals surface area contributed by atoms with E-state index in [4.69, 9.17) is 11.6 Å². The van der Waals surface area contributed by atoms with Gasteiger partial charge in [-0.25, -0.2) is 13.8 Å². The fourth-order valence-corrected chi connectivity index (χ4v) is 3.98. The van der Waals surface area contributed by atoms with Crippen molar-refractivity contribution < 1.29 is 13.6 Å². The van der Waals surface area contributed by atoms with E-state index in [1.165, 1.54) is 29.3 Å². The molecule has 2 aromatic carbocycles. The molecule has 1 amide bonds. The number of hydrogen-bond donors (Lipinski definition) is 1. The number of nitrogens with zero attached hydrogens (tertiary/aromatic N) is 1. The van der Waals surface area contributed by atoms with Crippen LogP contribution in [0, 0.1) is 11.6 Å². The first kappa shape index (κ1) is 18.7. The number of hydrazine groups is 1. The van der Waals surface area contributed by atoms with Crippen molar-refractivity contribution in [3.8, 4) is 0 Å². The van der Waals surface area contributed by atoms with Gasteiger partial charge in [0.2, 0.25) is 0 Å². The van der Waals surface area contributed by atoms with E-state index in [2.05, 4.69) is 5.43 Å². The van der Waals surface area contributed by atoms with Crippen molar-refractivity contribution in [2.45, 2.75) is 25.3 Å². The summed E-state index contributed by atoms with van der Waals surface area (Å²) >= 11 is 5.83. The second-order valence-electron chi connectivity index (χ2n) is 6.94. The molecule has 0 bridgehead atoms. The van der Waals surface area contributed by atoms with Gasteiger partial charge in [-0.15, -0.1) is 11.6 Å². The average Bonchev–Trinajstić information content (AvgIpc) is 3.10. The Labute approximate surface area is 167 Å². The van der Waals surface area contributed by atoms with Crippen LogP contribution in [0.3, 0.4) is 0 Å². The SMILES string of the molecule is O=C(CCl)N1NC2=C(CCC/C2=C\c2ccc(F)cc2)[C@@H]1c1ccc(F)cc1. The first-order valence-corrected chi connectivity index (χ1v) is 9.70. The minimum Gasteiger partial charge on any atom is -0.295 e. The molecule has 0 unspecified atom stereocenters.